The maximum absolute atomic E-state index is 11.8. The first kappa shape index (κ1) is 11.9. The smallest absolute Gasteiger partial charge is 0.214 e. The molecule has 0 saturated carbocycles. The van der Waals surface area contributed by atoms with Gasteiger partial charge in [0.15, 0.2) is 0 Å². The third-order valence-electron chi connectivity index (χ3n) is 2.27. The second-order valence-corrected chi connectivity index (χ2v) is 6.40. The standard InChI is InChI=1S/C9H20N2O2S/c1-8(2)7-14(12,13)11-5-4-10-9(3)6-11/h8-10H,4-7H2,1-3H3/t9-/m1/s1. The molecule has 1 atom stereocenters. The number of hydrogen-bond donors (Lipinski definition) is 1. The molecule has 0 spiro atoms. The van der Waals surface area contributed by atoms with Crippen molar-refractivity contribution in [2.45, 2.75) is 26.8 Å². The van der Waals surface area contributed by atoms with Gasteiger partial charge in [0.1, 0.15) is 0 Å². The molecule has 1 fully saturated rings. The van der Waals surface area contributed by atoms with Crippen LogP contribution >= 0.6 is 0 Å². The summed E-state index contributed by atoms with van der Waals surface area (Å²) in [6.45, 7) is 7.86. The fourth-order valence-electron chi connectivity index (χ4n) is 1.68. The van der Waals surface area contributed by atoms with Crippen LogP contribution in [-0.2, 0) is 10.0 Å². The van der Waals surface area contributed by atoms with Crippen molar-refractivity contribution in [1.82, 2.24) is 9.62 Å². The van der Waals surface area contributed by atoms with Crippen LogP contribution in [0.1, 0.15) is 20.8 Å². The van der Waals surface area contributed by atoms with E-state index in [1.54, 1.807) is 4.31 Å². The summed E-state index contributed by atoms with van der Waals surface area (Å²) in [5.74, 6) is 0.463. The van der Waals surface area contributed by atoms with Crippen molar-refractivity contribution >= 4 is 10.0 Å². The summed E-state index contributed by atoms with van der Waals surface area (Å²) in [5, 5.41) is 3.23. The molecule has 1 aliphatic rings. The van der Waals surface area contributed by atoms with E-state index < -0.39 is 10.0 Å². The molecule has 0 unspecified atom stereocenters. The lowest BCUT2D eigenvalue weighted by Crippen LogP contribution is -2.52. The zero-order chi connectivity index (χ0) is 10.8. The van der Waals surface area contributed by atoms with E-state index >= 15 is 0 Å². The normalized spacial score (nSPS) is 25.6. The number of piperazine rings is 1. The van der Waals surface area contributed by atoms with Crippen molar-refractivity contribution in [2.75, 3.05) is 25.4 Å². The monoisotopic (exact) mass is 220 g/mol. The van der Waals surface area contributed by atoms with E-state index in [1.807, 2.05) is 20.8 Å². The van der Waals surface area contributed by atoms with Gasteiger partial charge in [-0.05, 0) is 12.8 Å². The van der Waals surface area contributed by atoms with Gasteiger partial charge in [-0.25, -0.2) is 8.42 Å². The lowest BCUT2D eigenvalue weighted by Gasteiger charge is -2.31. The number of nitrogens with zero attached hydrogens (tertiary/aromatic N) is 1. The van der Waals surface area contributed by atoms with Gasteiger partial charge in [0, 0.05) is 25.7 Å². The molecule has 0 amide bonds. The van der Waals surface area contributed by atoms with Crippen molar-refractivity contribution in [1.29, 1.82) is 0 Å². The second kappa shape index (κ2) is 4.59. The largest absolute Gasteiger partial charge is 0.312 e. The average Bonchev–Trinajstić information content (AvgIpc) is 2.01. The van der Waals surface area contributed by atoms with Gasteiger partial charge < -0.3 is 5.32 Å². The Bertz CT molecular complexity index is 275. The van der Waals surface area contributed by atoms with Gasteiger partial charge in [0.25, 0.3) is 0 Å². The number of nitrogens with one attached hydrogen (secondary N) is 1. The predicted molar refractivity (Wildman–Crippen MR) is 57.7 cm³/mol. The van der Waals surface area contributed by atoms with Crippen LogP contribution < -0.4 is 5.32 Å². The summed E-state index contributed by atoms with van der Waals surface area (Å²) in [7, 11) is -3.02. The minimum atomic E-state index is -3.02. The first-order valence-electron chi connectivity index (χ1n) is 5.13. The molecule has 0 radical (unpaired) electrons. The lowest BCUT2D eigenvalue weighted by molar-refractivity contribution is 0.309. The van der Waals surface area contributed by atoms with Gasteiger partial charge in [-0.2, -0.15) is 4.31 Å². The Morgan fingerprint density at radius 1 is 1.50 bits per heavy atom. The minimum absolute atomic E-state index is 0.199. The fourth-order valence-corrected chi connectivity index (χ4v) is 3.55. The minimum Gasteiger partial charge on any atom is -0.312 e. The molecule has 1 rings (SSSR count). The Morgan fingerprint density at radius 3 is 2.64 bits per heavy atom. The molecular formula is C9H20N2O2S. The zero-order valence-corrected chi connectivity index (χ0v) is 9.97. The summed E-state index contributed by atoms with van der Waals surface area (Å²) in [4.78, 5) is 0. The van der Waals surface area contributed by atoms with E-state index in [4.69, 9.17) is 0 Å². The SMILES string of the molecule is CC(C)CS(=O)(=O)N1CCN[C@H](C)C1. The Balaban J connectivity index is 2.62. The number of hydrogen-bond acceptors (Lipinski definition) is 3. The first-order valence-corrected chi connectivity index (χ1v) is 6.74. The third kappa shape index (κ3) is 3.22. The number of sulfonamides is 1. The van der Waals surface area contributed by atoms with Crippen LogP contribution in [0.2, 0.25) is 0 Å². The van der Waals surface area contributed by atoms with Crippen molar-refractivity contribution in [3.05, 3.63) is 0 Å². The van der Waals surface area contributed by atoms with E-state index in [0.29, 0.717) is 13.1 Å². The van der Waals surface area contributed by atoms with Crippen LogP contribution in [0.5, 0.6) is 0 Å². The quantitative estimate of drug-likeness (QED) is 0.742. The highest BCUT2D eigenvalue weighted by molar-refractivity contribution is 7.89. The summed E-state index contributed by atoms with van der Waals surface area (Å²) < 4.78 is 25.3. The van der Waals surface area contributed by atoms with Gasteiger partial charge >= 0.3 is 0 Å². The van der Waals surface area contributed by atoms with E-state index in [-0.39, 0.29) is 17.7 Å². The summed E-state index contributed by atoms with van der Waals surface area (Å²) in [6, 6.07) is 0.269. The predicted octanol–water partition coefficient (Wildman–Crippen LogP) is 0.266. The maximum atomic E-state index is 11.8. The maximum Gasteiger partial charge on any atom is 0.214 e. The second-order valence-electron chi connectivity index (χ2n) is 4.39. The van der Waals surface area contributed by atoms with Crippen LogP contribution in [0.15, 0.2) is 0 Å². The van der Waals surface area contributed by atoms with Crippen molar-refractivity contribution in [2.24, 2.45) is 5.92 Å². The summed E-state index contributed by atoms with van der Waals surface area (Å²) in [5.41, 5.74) is 0. The number of rotatable bonds is 3. The van der Waals surface area contributed by atoms with Crippen molar-refractivity contribution in [3.63, 3.8) is 0 Å². The van der Waals surface area contributed by atoms with Crippen LogP contribution in [0.4, 0.5) is 0 Å². The van der Waals surface area contributed by atoms with Crippen molar-refractivity contribution in [3.8, 4) is 0 Å². The molecule has 1 aliphatic heterocycles. The fraction of sp³-hybridized carbons (Fsp3) is 1.00. The highest BCUT2D eigenvalue weighted by Crippen LogP contribution is 2.09. The van der Waals surface area contributed by atoms with Gasteiger partial charge in [-0.15, -0.1) is 0 Å². The zero-order valence-electron chi connectivity index (χ0n) is 9.16. The Morgan fingerprint density at radius 2 is 2.14 bits per heavy atom. The Kier molecular flexibility index (Phi) is 3.92. The summed E-state index contributed by atoms with van der Waals surface area (Å²) >= 11 is 0. The van der Waals surface area contributed by atoms with E-state index in [9.17, 15) is 8.42 Å². The Hall–Kier alpha value is -0.130. The van der Waals surface area contributed by atoms with Gasteiger partial charge in [-0.3, -0.25) is 0 Å². The van der Waals surface area contributed by atoms with Crippen LogP contribution in [0.25, 0.3) is 0 Å². The average molecular weight is 220 g/mol. The molecule has 0 aromatic carbocycles. The van der Waals surface area contributed by atoms with Gasteiger partial charge in [0.2, 0.25) is 10.0 Å². The molecule has 0 aromatic rings. The molecule has 1 N–H and O–H groups in total. The van der Waals surface area contributed by atoms with Gasteiger partial charge in [-0.1, -0.05) is 13.8 Å². The molecule has 0 bridgehead atoms. The van der Waals surface area contributed by atoms with Crippen LogP contribution in [0.3, 0.4) is 0 Å². The highest BCUT2D eigenvalue weighted by Gasteiger charge is 2.26. The van der Waals surface area contributed by atoms with Crippen molar-refractivity contribution < 1.29 is 8.42 Å². The molecular weight excluding hydrogens is 200 g/mol. The van der Waals surface area contributed by atoms with Gasteiger partial charge in [0.05, 0.1) is 5.75 Å². The van der Waals surface area contributed by atoms with E-state index in [0.717, 1.165) is 6.54 Å². The molecule has 0 aromatic heterocycles. The highest BCUT2D eigenvalue weighted by atomic mass is 32.2. The molecule has 5 heteroatoms. The molecule has 4 nitrogen and oxygen atoms in total. The molecule has 1 heterocycles. The first-order chi connectivity index (χ1) is 6.42. The molecule has 84 valence electrons. The Labute approximate surface area is 86.7 Å². The third-order valence-corrected chi connectivity index (χ3v) is 4.48. The van der Waals surface area contributed by atoms with Crippen LogP contribution in [-0.4, -0.2) is 44.2 Å². The molecule has 0 aliphatic carbocycles. The topological polar surface area (TPSA) is 49.4 Å². The van der Waals surface area contributed by atoms with E-state index in [1.165, 1.54) is 0 Å². The lowest BCUT2D eigenvalue weighted by atomic mass is 10.3. The molecule has 14 heavy (non-hydrogen) atoms. The molecule has 1 saturated heterocycles. The van der Waals surface area contributed by atoms with Crippen LogP contribution in [0, 0.1) is 5.92 Å². The summed E-state index contributed by atoms with van der Waals surface area (Å²) in [6.07, 6.45) is 0. The van der Waals surface area contributed by atoms with E-state index in [2.05, 4.69) is 5.32 Å².